The van der Waals surface area contributed by atoms with Crippen LogP contribution >= 0.6 is 0 Å². The maximum atomic E-state index is 11.2. The third-order valence-corrected chi connectivity index (χ3v) is 4.72. The largest absolute Gasteiger partial charge is 0.426 e. The van der Waals surface area contributed by atoms with Crippen molar-refractivity contribution < 1.29 is 14.3 Å². The van der Waals surface area contributed by atoms with Gasteiger partial charge in [-0.25, -0.2) is 4.79 Å². The van der Waals surface area contributed by atoms with Crippen molar-refractivity contribution in [1.29, 1.82) is 0 Å². The Morgan fingerprint density at radius 2 is 1.50 bits per heavy atom. The second-order valence-electron chi connectivity index (χ2n) is 6.77. The van der Waals surface area contributed by atoms with Crippen molar-refractivity contribution in [3.05, 3.63) is 24.3 Å². The summed E-state index contributed by atoms with van der Waals surface area (Å²) in [5, 5.41) is 0. The molecule has 0 aromatic carbocycles. The number of unbranched alkanes of at least 4 members (excludes halogenated alkanes) is 11. The number of allylic oxidation sites excluding steroid dienone is 2. The number of rotatable bonds is 15. The van der Waals surface area contributed by atoms with E-state index in [2.05, 4.69) is 19.1 Å². The molecule has 3 nitrogen and oxygen atoms in total. The SMILES string of the molecule is C/C=C/CCCCCCCCCCCCC[C@]1(OC)C=CC(=O)O1. The zero-order valence-corrected chi connectivity index (χ0v) is 15.7. The summed E-state index contributed by atoms with van der Waals surface area (Å²) in [7, 11) is 1.60. The number of hydrogen-bond donors (Lipinski definition) is 0. The van der Waals surface area contributed by atoms with Gasteiger partial charge in [0.05, 0.1) is 0 Å². The number of carbonyl (C=O) groups excluding carboxylic acids is 1. The molecule has 0 unspecified atom stereocenters. The molecule has 138 valence electrons. The minimum absolute atomic E-state index is 0.293. The van der Waals surface area contributed by atoms with Gasteiger partial charge in [-0.3, -0.25) is 0 Å². The van der Waals surface area contributed by atoms with E-state index < -0.39 is 5.79 Å². The summed E-state index contributed by atoms with van der Waals surface area (Å²) < 4.78 is 10.6. The molecule has 1 heterocycles. The van der Waals surface area contributed by atoms with E-state index in [0.29, 0.717) is 0 Å². The maximum absolute atomic E-state index is 11.2. The van der Waals surface area contributed by atoms with Crippen LogP contribution < -0.4 is 0 Å². The average molecular weight is 337 g/mol. The van der Waals surface area contributed by atoms with Crippen LogP contribution in [0.1, 0.15) is 90.4 Å². The highest BCUT2D eigenvalue weighted by Gasteiger charge is 2.34. The lowest BCUT2D eigenvalue weighted by Crippen LogP contribution is -2.30. The molecule has 0 aromatic rings. The summed E-state index contributed by atoms with van der Waals surface area (Å²) in [6.07, 6.45) is 24.0. The molecule has 1 aliphatic heterocycles. The van der Waals surface area contributed by atoms with Crippen LogP contribution in [-0.2, 0) is 14.3 Å². The summed E-state index contributed by atoms with van der Waals surface area (Å²) in [6, 6.07) is 0. The molecule has 0 fully saturated rings. The predicted octanol–water partition coefficient (Wildman–Crippen LogP) is 6.09. The lowest BCUT2D eigenvalue weighted by atomic mass is 10.0. The molecule has 24 heavy (non-hydrogen) atoms. The van der Waals surface area contributed by atoms with E-state index in [9.17, 15) is 4.79 Å². The summed E-state index contributed by atoms with van der Waals surface area (Å²) in [5.41, 5.74) is 0. The first kappa shape index (κ1) is 21.0. The Morgan fingerprint density at radius 3 is 1.96 bits per heavy atom. The lowest BCUT2D eigenvalue weighted by Gasteiger charge is -2.24. The number of methoxy groups -OCH3 is 1. The highest BCUT2D eigenvalue weighted by Crippen LogP contribution is 2.27. The van der Waals surface area contributed by atoms with Gasteiger partial charge in [0.2, 0.25) is 5.79 Å². The van der Waals surface area contributed by atoms with Crippen LogP contribution in [-0.4, -0.2) is 18.9 Å². The molecule has 0 aliphatic carbocycles. The third kappa shape index (κ3) is 9.27. The van der Waals surface area contributed by atoms with E-state index >= 15 is 0 Å². The molecule has 0 saturated heterocycles. The Bertz CT molecular complexity index is 387. The standard InChI is InChI=1S/C21H36O3/c1-3-4-5-6-7-8-9-10-11-12-13-14-15-16-18-21(23-2)19-17-20(22)24-21/h3-4,17,19H,5-16,18H2,1-2H3/b4-3+/t21-/m1/s1. The van der Waals surface area contributed by atoms with Crippen molar-refractivity contribution in [2.75, 3.05) is 7.11 Å². The van der Waals surface area contributed by atoms with Crippen molar-refractivity contribution in [1.82, 2.24) is 0 Å². The van der Waals surface area contributed by atoms with Crippen molar-refractivity contribution in [2.24, 2.45) is 0 Å². The van der Waals surface area contributed by atoms with Gasteiger partial charge in [0.15, 0.2) is 0 Å². The number of hydrogen-bond acceptors (Lipinski definition) is 3. The molecule has 0 aromatic heterocycles. The summed E-state index contributed by atoms with van der Waals surface area (Å²) in [6.45, 7) is 2.09. The third-order valence-electron chi connectivity index (χ3n) is 4.72. The first-order valence-corrected chi connectivity index (χ1v) is 9.81. The van der Waals surface area contributed by atoms with E-state index in [1.54, 1.807) is 13.2 Å². The van der Waals surface area contributed by atoms with Gasteiger partial charge in [-0.2, -0.15) is 0 Å². The molecular weight excluding hydrogens is 300 g/mol. The number of carbonyl (C=O) groups is 1. The van der Waals surface area contributed by atoms with Crippen LogP contribution in [0, 0.1) is 0 Å². The molecule has 1 aliphatic rings. The molecule has 0 spiro atoms. The normalized spacial score (nSPS) is 20.2. The summed E-state index contributed by atoms with van der Waals surface area (Å²) in [4.78, 5) is 11.2. The Labute approximate surface area is 148 Å². The number of cyclic esters (lactones) is 1. The quantitative estimate of drug-likeness (QED) is 0.206. The van der Waals surface area contributed by atoms with Gasteiger partial charge in [0.25, 0.3) is 0 Å². The fourth-order valence-electron chi connectivity index (χ4n) is 3.17. The zero-order chi connectivity index (χ0) is 17.5. The molecule has 0 N–H and O–H groups in total. The van der Waals surface area contributed by atoms with Crippen LogP contribution in [0.3, 0.4) is 0 Å². The molecule has 0 radical (unpaired) electrons. The van der Waals surface area contributed by atoms with Gasteiger partial charge >= 0.3 is 5.97 Å². The Balaban J connectivity index is 1.84. The van der Waals surface area contributed by atoms with E-state index in [4.69, 9.17) is 9.47 Å². The van der Waals surface area contributed by atoms with Gasteiger partial charge in [-0.15, -0.1) is 0 Å². The van der Waals surface area contributed by atoms with Crippen LogP contribution in [0.25, 0.3) is 0 Å². The Kier molecular flexibility index (Phi) is 11.5. The molecule has 0 saturated carbocycles. The first-order valence-electron chi connectivity index (χ1n) is 9.81. The molecule has 1 atom stereocenters. The monoisotopic (exact) mass is 336 g/mol. The van der Waals surface area contributed by atoms with Crippen LogP contribution in [0.2, 0.25) is 0 Å². The highest BCUT2D eigenvalue weighted by atomic mass is 16.7. The van der Waals surface area contributed by atoms with Crippen LogP contribution in [0.15, 0.2) is 24.3 Å². The van der Waals surface area contributed by atoms with E-state index in [1.165, 1.54) is 76.7 Å². The van der Waals surface area contributed by atoms with Crippen LogP contribution in [0.4, 0.5) is 0 Å². The summed E-state index contributed by atoms with van der Waals surface area (Å²) in [5.74, 6) is -1.08. The van der Waals surface area contributed by atoms with Crippen molar-refractivity contribution in [2.45, 2.75) is 96.2 Å². The minimum Gasteiger partial charge on any atom is -0.426 e. The van der Waals surface area contributed by atoms with E-state index in [-0.39, 0.29) is 5.97 Å². The highest BCUT2D eigenvalue weighted by molar-refractivity contribution is 5.84. The smallest absolute Gasteiger partial charge is 0.333 e. The number of ether oxygens (including phenoxy) is 2. The predicted molar refractivity (Wildman–Crippen MR) is 99.8 cm³/mol. The van der Waals surface area contributed by atoms with Gasteiger partial charge in [0.1, 0.15) is 0 Å². The molecule has 1 rings (SSSR count). The fourth-order valence-corrected chi connectivity index (χ4v) is 3.17. The fraction of sp³-hybridized carbons (Fsp3) is 0.762. The van der Waals surface area contributed by atoms with Crippen molar-refractivity contribution in [3.8, 4) is 0 Å². The minimum atomic E-state index is -0.788. The second-order valence-corrected chi connectivity index (χ2v) is 6.77. The average Bonchev–Trinajstić information content (AvgIpc) is 2.97. The van der Waals surface area contributed by atoms with Gasteiger partial charge in [-0.05, 0) is 32.3 Å². The van der Waals surface area contributed by atoms with Crippen molar-refractivity contribution >= 4 is 5.97 Å². The number of esters is 1. The molecule has 3 heteroatoms. The molecule has 0 bridgehead atoms. The first-order chi connectivity index (χ1) is 11.7. The van der Waals surface area contributed by atoms with E-state index in [1.807, 2.05) is 0 Å². The van der Waals surface area contributed by atoms with Gasteiger partial charge < -0.3 is 9.47 Å². The van der Waals surface area contributed by atoms with Crippen LogP contribution in [0.5, 0.6) is 0 Å². The molecular formula is C21H36O3. The maximum Gasteiger partial charge on any atom is 0.333 e. The van der Waals surface area contributed by atoms with Gasteiger partial charge in [0, 0.05) is 19.6 Å². The zero-order valence-electron chi connectivity index (χ0n) is 15.7. The second kappa shape index (κ2) is 13.2. The van der Waals surface area contributed by atoms with Crippen molar-refractivity contribution in [3.63, 3.8) is 0 Å². The Morgan fingerprint density at radius 1 is 0.958 bits per heavy atom. The lowest BCUT2D eigenvalue weighted by molar-refractivity contribution is -0.190. The topological polar surface area (TPSA) is 35.5 Å². The summed E-state index contributed by atoms with van der Waals surface area (Å²) >= 11 is 0. The molecule has 0 amide bonds. The van der Waals surface area contributed by atoms with Gasteiger partial charge in [-0.1, -0.05) is 69.9 Å². The van der Waals surface area contributed by atoms with E-state index in [0.717, 1.165) is 12.8 Å². The Hall–Kier alpha value is -1.09.